The molecule has 2 aromatic rings. The van der Waals surface area contributed by atoms with E-state index in [1.807, 2.05) is 22.8 Å². The Morgan fingerprint density at radius 1 is 1.36 bits per heavy atom. The quantitative estimate of drug-likeness (QED) is 0.777. The minimum atomic E-state index is 0.00678. The van der Waals surface area contributed by atoms with Gasteiger partial charge in [0.05, 0.1) is 37.1 Å². The lowest BCUT2D eigenvalue weighted by molar-refractivity contribution is 0.271. The molecule has 2 heterocycles. The van der Waals surface area contributed by atoms with E-state index in [4.69, 9.17) is 5.11 Å². The molecule has 0 spiro atoms. The highest BCUT2D eigenvalue weighted by atomic mass is 16.3. The van der Waals surface area contributed by atoms with E-state index in [0.717, 1.165) is 11.4 Å². The molecule has 0 fully saturated rings. The Balaban J connectivity index is 2.19. The van der Waals surface area contributed by atoms with Crippen LogP contribution in [0.15, 0.2) is 36.9 Å². The van der Waals surface area contributed by atoms with E-state index >= 15 is 0 Å². The SMILES string of the molecule is OCc1cncn1Cc1ccccn1. The van der Waals surface area contributed by atoms with Crippen LogP contribution in [0.2, 0.25) is 0 Å². The van der Waals surface area contributed by atoms with Gasteiger partial charge in [0, 0.05) is 6.20 Å². The van der Waals surface area contributed by atoms with Crippen LogP contribution < -0.4 is 0 Å². The largest absolute Gasteiger partial charge is 0.390 e. The van der Waals surface area contributed by atoms with Crippen molar-refractivity contribution < 1.29 is 5.11 Å². The average molecular weight is 189 g/mol. The average Bonchev–Trinajstić information content (AvgIpc) is 2.67. The summed E-state index contributed by atoms with van der Waals surface area (Å²) in [5.74, 6) is 0. The molecular formula is C10H11N3O. The van der Waals surface area contributed by atoms with Gasteiger partial charge in [0.1, 0.15) is 0 Å². The maximum atomic E-state index is 9.00. The van der Waals surface area contributed by atoms with Crippen LogP contribution >= 0.6 is 0 Å². The Hall–Kier alpha value is -1.68. The zero-order valence-corrected chi connectivity index (χ0v) is 7.67. The summed E-state index contributed by atoms with van der Waals surface area (Å²) >= 11 is 0. The van der Waals surface area contributed by atoms with Gasteiger partial charge >= 0.3 is 0 Å². The van der Waals surface area contributed by atoms with Crippen molar-refractivity contribution in [3.8, 4) is 0 Å². The first-order valence-corrected chi connectivity index (χ1v) is 4.40. The van der Waals surface area contributed by atoms with Gasteiger partial charge in [-0.1, -0.05) is 6.07 Å². The molecule has 0 atom stereocenters. The normalized spacial score (nSPS) is 10.4. The second kappa shape index (κ2) is 4.02. The van der Waals surface area contributed by atoms with Crippen LogP contribution in [-0.4, -0.2) is 19.6 Å². The summed E-state index contributed by atoms with van der Waals surface area (Å²) in [5.41, 5.74) is 1.76. The number of aliphatic hydroxyl groups is 1. The van der Waals surface area contributed by atoms with Gasteiger partial charge in [-0.2, -0.15) is 0 Å². The summed E-state index contributed by atoms with van der Waals surface area (Å²) in [6.07, 6.45) is 5.11. The van der Waals surface area contributed by atoms with Crippen molar-refractivity contribution in [3.05, 3.63) is 48.3 Å². The predicted molar refractivity (Wildman–Crippen MR) is 51.5 cm³/mol. The molecule has 0 aliphatic rings. The highest BCUT2D eigenvalue weighted by Gasteiger charge is 2.01. The molecule has 4 nitrogen and oxygen atoms in total. The topological polar surface area (TPSA) is 50.9 Å². The first kappa shape index (κ1) is 8.90. The number of hydrogen-bond donors (Lipinski definition) is 1. The van der Waals surface area contributed by atoms with Crippen LogP contribution in [-0.2, 0) is 13.2 Å². The Kier molecular flexibility index (Phi) is 2.55. The first-order valence-electron chi connectivity index (χ1n) is 4.40. The summed E-state index contributed by atoms with van der Waals surface area (Å²) in [5, 5.41) is 9.00. The molecular weight excluding hydrogens is 178 g/mol. The zero-order valence-electron chi connectivity index (χ0n) is 7.67. The second-order valence-electron chi connectivity index (χ2n) is 2.99. The molecule has 2 rings (SSSR count). The lowest BCUT2D eigenvalue weighted by Gasteiger charge is -2.04. The second-order valence-corrected chi connectivity index (χ2v) is 2.99. The number of pyridine rings is 1. The minimum absolute atomic E-state index is 0.00678. The number of aliphatic hydroxyl groups excluding tert-OH is 1. The molecule has 0 radical (unpaired) electrons. The third kappa shape index (κ3) is 1.80. The monoisotopic (exact) mass is 189 g/mol. The van der Waals surface area contributed by atoms with Crippen molar-refractivity contribution in [2.75, 3.05) is 0 Å². The molecule has 0 aromatic carbocycles. The number of rotatable bonds is 3. The fourth-order valence-electron chi connectivity index (χ4n) is 1.29. The lowest BCUT2D eigenvalue weighted by Crippen LogP contribution is -2.04. The van der Waals surface area contributed by atoms with Crippen molar-refractivity contribution in [3.63, 3.8) is 0 Å². The van der Waals surface area contributed by atoms with E-state index in [9.17, 15) is 0 Å². The van der Waals surface area contributed by atoms with Crippen molar-refractivity contribution in [1.29, 1.82) is 0 Å². The Morgan fingerprint density at radius 3 is 3.00 bits per heavy atom. The summed E-state index contributed by atoms with van der Waals surface area (Å²) in [6, 6.07) is 5.77. The molecule has 0 aliphatic heterocycles. The van der Waals surface area contributed by atoms with Crippen LogP contribution in [0.3, 0.4) is 0 Å². The molecule has 0 amide bonds. The van der Waals surface area contributed by atoms with Crippen molar-refractivity contribution in [2.24, 2.45) is 0 Å². The van der Waals surface area contributed by atoms with Crippen molar-refractivity contribution in [2.45, 2.75) is 13.2 Å². The highest BCUT2D eigenvalue weighted by Crippen LogP contribution is 2.03. The molecule has 0 aliphatic carbocycles. The van der Waals surface area contributed by atoms with Gasteiger partial charge in [-0.3, -0.25) is 4.98 Å². The fraction of sp³-hybridized carbons (Fsp3) is 0.200. The molecule has 0 bridgehead atoms. The Bertz CT molecular complexity index is 397. The van der Waals surface area contributed by atoms with Gasteiger partial charge in [-0.25, -0.2) is 4.98 Å². The van der Waals surface area contributed by atoms with Crippen LogP contribution in [0, 0.1) is 0 Å². The number of nitrogens with zero attached hydrogens (tertiary/aromatic N) is 3. The maximum Gasteiger partial charge on any atom is 0.0952 e. The maximum absolute atomic E-state index is 9.00. The van der Waals surface area contributed by atoms with Crippen molar-refractivity contribution >= 4 is 0 Å². The molecule has 0 saturated carbocycles. The third-order valence-corrected chi connectivity index (χ3v) is 2.02. The van der Waals surface area contributed by atoms with Gasteiger partial charge < -0.3 is 9.67 Å². The van der Waals surface area contributed by atoms with E-state index < -0.39 is 0 Å². The third-order valence-electron chi connectivity index (χ3n) is 2.02. The molecule has 0 unspecified atom stereocenters. The summed E-state index contributed by atoms with van der Waals surface area (Å²) in [6.45, 7) is 0.656. The van der Waals surface area contributed by atoms with Crippen LogP contribution in [0.25, 0.3) is 0 Å². The van der Waals surface area contributed by atoms with E-state index in [0.29, 0.717) is 6.54 Å². The standard InChI is InChI=1S/C10H11N3O/c14-7-10-5-11-8-13(10)6-9-3-1-2-4-12-9/h1-5,8,14H,6-7H2. The number of aromatic nitrogens is 3. The summed E-state index contributed by atoms with van der Waals surface area (Å²) < 4.78 is 1.88. The molecule has 2 aromatic heterocycles. The zero-order chi connectivity index (χ0) is 9.80. The van der Waals surface area contributed by atoms with Gasteiger partial charge in [0.2, 0.25) is 0 Å². The van der Waals surface area contributed by atoms with E-state index in [-0.39, 0.29) is 6.61 Å². The minimum Gasteiger partial charge on any atom is -0.390 e. The van der Waals surface area contributed by atoms with Gasteiger partial charge in [0.25, 0.3) is 0 Å². The van der Waals surface area contributed by atoms with Crippen LogP contribution in [0.4, 0.5) is 0 Å². The Labute approximate surface area is 81.9 Å². The van der Waals surface area contributed by atoms with Gasteiger partial charge in [-0.05, 0) is 12.1 Å². The Morgan fingerprint density at radius 2 is 2.29 bits per heavy atom. The number of hydrogen-bond acceptors (Lipinski definition) is 3. The lowest BCUT2D eigenvalue weighted by atomic mass is 10.3. The fourth-order valence-corrected chi connectivity index (χ4v) is 1.29. The van der Waals surface area contributed by atoms with Gasteiger partial charge in [-0.15, -0.1) is 0 Å². The molecule has 0 saturated heterocycles. The molecule has 14 heavy (non-hydrogen) atoms. The van der Waals surface area contributed by atoms with E-state index in [1.165, 1.54) is 0 Å². The predicted octanol–water partition coefficient (Wildman–Crippen LogP) is 0.819. The summed E-state index contributed by atoms with van der Waals surface area (Å²) in [4.78, 5) is 8.16. The molecule has 4 heteroatoms. The van der Waals surface area contributed by atoms with Crippen LogP contribution in [0.5, 0.6) is 0 Å². The van der Waals surface area contributed by atoms with Crippen LogP contribution in [0.1, 0.15) is 11.4 Å². The smallest absolute Gasteiger partial charge is 0.0952 e. The highest BCUT2D eigenvalue weighted by molar-refractivity contribution is 5.06. The molecule has 1 N–H and O–H groups in total. The molecule has 72 valence electrons. The van der Waals surface area contributed by atoms with E-state index in [2.05, 4.69) is 9.97 Å². The van der Waals surface area contributed by atoms with Crippen molar-refractivity contribution in [1.82, 2.24) is 14.5 Å². The number of imidazole rings is 1. The van der Waals surface area contributed by atoms with E-state index in [1.54, 1.807) is 18.7 Å². The van der Waals surface area contributed by atoms with Gasteiger partial charge in [0.15, 0.2) is 0 Å². The summed E-state index contributed by atoms with van der Waals surface area (Å²) in [7, 11) is 0. The first-order chi connectivity index (χ1) is 6.90.